The Hall–Kier alpha value is -4.14. The van der Waals surface area contributed by atoms with E-state index < -0.39 is 17.6 Å². The van der Waals surface area contributed by atoms with Crippen molar-refractivity contribution in [1.29, 1.82) is 0 Å². The van der Waals surface area contributed by atoms with E-state index in [1.807, 2.05) is 43.4 Å². The zero-order valence-electron chi connectivity index (χ0n) is 41.4. The molecule has 15 heteroatoms. The molecule has 0 saturated heterocycles. The molecule has 6 unspecified atom stereocenters. The Labute approximate surface area is 438 Å². The largest absolute Gasteiger partial charge is 1.00 e. The molecule has 0 aliphatic heterocycles. The van der Waals surface area contributed by atoms with Gasteiger partial charge in [0.2, 0.25) is 0 Å². The molecule has 2 aliphatic rings. The molecule has 1 N–H and O–H groups in total. The van der Waals surface area contributed by atoms with Gasteiger partial charge in [0.15, 0.2) is 17.3 Å². The van der Waals surface area contributed by atoms with Gasteiger partial charge < -0.3 is 19.7 Å². The van der Waals surface area contributed by atoms with Crippen LogP contribution in [0.25, 0.3) is 0 Å². The van der Waals surface area contributed by atoms with Crippen LogP contribution in [0.4, 0.5) is 0 Å². The van der Waals surface area contributed by atoms with E-state index in [1.165, 1.54) is 46.8 Å². The van der Waals surface area contributed by atoms with Crippen LogP contribution in [0.5, 0.6) is 0 Å². The van der Waals surface area contributed by atoms with Crippen molar-refractivity contribution in [3.8, 4) is 0 Å². The number of benzene rings is 3. The van der Waals surface area contributed by atoms with Gasteiger partial charge in [-0.15, -0.1) is 41.0 Å². The number of ether oxygens (including phenoxy) is 2. The number of allylic oxidation sites excluding steroid dienone is 5. The van der Waals surface area contributed by atoms with Gasteiger partial charge in [0.1, 0.15) is 0 Å². The number of hydrogen-bond donors (Lipinski definition) is 1. The Bertz CT molecular complexity index is 2120. The molecule has 2 aliphatic carbocycles. The third kappa shape index (κ3) is 28.4. The van der Waals surface area contributed by atoms with Crippen LogP contribution >= 0.6 is 35.3 Å². The molecule has 5 rings (SSSR count). The van der Waals surface area contributed by atoms with E-state index in [0.717, 1.165) is 23.8 Å². The molecular weight excluding hydrogens is 932 g/mol. The first-order chi connectivity index (χ1) is 31.7. The van der Waals surface area contributed by atoms with E-state index in [4.69, 9.17) is 14.3 Å². The molecule has 364 valence electrons. The van der Waals surface area contributed by atoms with E-state index >= 15 is 0 Å². The van der Waals surface area contributed by atoms with E-state index in [-0.39, 0.29) is 88.3 Å². The van der Waals surface area contributed by atoms with Gasteiger partial charge in [-0.05, 0) is 107 Å². The first-order valence-electron chi connectivity index (χ1n) is 22.1. The topological polar surface area (TPSA) is 181 Å². The second kappa shape index (κ2) is 35.9. The summed E-state index contributed by atoms with van der Waals surface area (Å²) in [5.41, 5.74) is 3.75. The van der Waals surface area contributed by atoms with Crippen LogP contribution in [0, 0.1) is 38.5 Å². The van der Waals surface area contributed by atoms with Crippen LogP contribution in [0.2, 0.25) is 0 Å². The normalized spacial score (nSPS) is 17.3. The molecule has 0 bridgehead atoms. The zero-order chi connectivity index (χ0) is 50.5. The van der Waals surface area contributed by atoms with E-state index in [2.05, 4.69) is 105 Å². The van der Waals surface area contributed by atoms with Crippen LogP contribution in [0.1, 0.15) is 96.3 Å². The maximum atomic E-state index is 12.0. The predicted octanol–water partition coefficient (Wildman–Crippen LogP) is 7.78. The summed E-state index contributed by atoms with van der Waals surface area (Å²) in [6.45, 7) is 16.0. The standard InChI is InChI=1S/C18H22O4S.C16H20O2S.C14H18OS.C4H8O2.CO2.Na/c1-11-4-6-15(7-5-11)23-12(2)8-13-9-14(19)10-16(20)17(13)18(21)22-3;1-11-3-5-16(6-4-11)19-12(2)7-13-8-14(17)10-15(18)9-13;1-11-7-9-14(10-8-11)16-13(3)6-4-5-12(2)15;1-3-4(5)6-2;2-1-3;/h4-7,10,12-13,17,20H,8-9H2,1-3H3;3-6,10,12-13,17H,7-9H2,1-2H3;4-5,7-10,13H,6H2,1-3H3;3H2,1-2H3;;/q;;;;;+1/p-1/b;;5-4+;;;. The van der Waals surface area contributed by atoms with Crippen molar-refractivity contribution in [2.24, 2.45) is 17.8 Å². The number of esters is 2. The number of rotatable bonds is 15. The molecule has 0 aromatic heterocycles. The van der Waals surface area contributed by atoms with Crippen LogP contribution in [-0.4, -0.2) is 70.5 Å². The van der Waals surface area contributed by atoms with Crippen molar-refractivity contribution in [2.75, 3.05) is 14.2 Å². The Morgan fingerprint density at radius 2 is 1.15 bits per heavy atom. The molecule has 0 spiro atoms. The number of aliphatic hydroxyl groups is 1. The fourth-order valence-corrected chi connectivity index (χ4v) is 10.0. The molecule has 6 atom stereocenters. The molecule has 68 heavy (non-hydrogen) atoms. The summed E-state index contributed by atoms with van der Waals surface area (Å²) < 4.78 is 9.00. The third-order valence-corrected chi connectivity index (χ3v) is 13.4. The fraction of sp³-hybridized carbons (Fsp3) is 0.434. The maximum absolute atomic E-state index is 12.0. The minimum atomic E-state index is -0.848. The van der Waals surface area contributed by atoms with Crippen LogP contribution in [0.15, 0.2) is 123 Å². The first-order valence-corrected chi connectivity index (χ1v) is 24.7. The van der Waals surface area contributed by atoms with Gasteiger partial charge >= 0.3 is 47.6 Å². The SMILES string of the molecule is CC(=O)/C=C/CC(C)Sc1ccc(C)cc1.CCC(=O)OC.COC(=O)C1C([O-])=CC(=O)CC1CC(C)Sc1ccc(C)cc1.Cc1ccc(SC(C)CC2CC(=O)C=C(O)C2)cc1.O=C=O.[Na+]. The molecule has 3 aromatic rings. The van der Waals surface area contributed by atoms with Crippen molar-refractivity contribution in [2.45, 2.75) is 131 Å². The smallest absolute Gasteiger partial charge is 0.875 e. The average Bonchev–Trinajstić information content (AvgIpc) is 3.26. The van der Waals surface area contributed by atoms with Gasteiger partial charge in [-0.1, -0.05) is 86.9 Å². The predicted molar refractivity (Wildman–Crippen MR) is 266 cm³/mol. The molecule has 0 fully saturated rings. The van der Waals surface area contributed by atoms with Gasteiger partial charge in [0, 0.05) is 62.2 Å². The Balaban J connectivity index is 0.000000912. The monoisotopic (exact) mass is 998 g/mol. The Morgan fingerprint density at radius 3 is 1.53 bits per heavy atom. The summed E-state index contributed by atoms with van der Waals surface area (Å²) in [4.78, 5) is 75.6. The summed E-state index contributed by atoms with van der Waals surface area (Å²) >= 11 is 5.36. The summed E-state index contributed by atoms with van der Waals surface area (Å²) in [7, 11) is 2.65. The van der Waals surface area contributed by atoms with Crippen molar-refractivity contribution in [1.82, 2.24) is 0 Å². The minimum absolute atomic E-state index is 0. The molecule has 0 heterocycles. The fourth-order valence-electron chi connectivity index (χ4n) is 6.85. The van der Waals surface area contributed by atoms with Crippen LogP contribution in [0.3, 0.4) is 0 Å². The second-order valence-electron chi connectivity index (χ2n) is 16.3. The number of aliphatic hydroxyl groups excluding tert-OH is 1. The van der Waals surface area contributed by atoms with Crippen molar-refractivity contribution < 1.29 is 82.8 Å². The average molecular weight is 999 g/mol. The molecule has 0 amide bonds. The van der Waals surface area contributed by atoms with E-state index in [1.54, 1.807) is 31.7 Å². The number of carbonyl (C=O) groups excluding carboxylic acids is 7. The maximum Gasteiger partial charge on any atom is 1.00 e. The number of hydrogen-bond acceptors (Lipinski definition) is 14. The summed E-state index contributed by atoms with van der Waals surface area (Å²) in [5, 5.41) is 22.7. The minimum Gasteiger partial charge on any atom is -0.875 e. The quantitative estimate of drug-likeness (QED) is 0.0675. The Morgan fingerprint density at radius 1 is 0.721 bits per heavy atom. The summed E-state index contributed by atoms with van der Waals surface area (Å²) in [6.07, 6.45) is 10.7. The van der Waals surface area contributed by atoms with Gasteiger partial charge in [0.25, 0.3) is 0 Å². The van der Waals surface area contributed by atoms with E-state index in [0.29, 0.717) is 36.2 Å². The van der Waals surface area contributed by atoms with Crippen molar-refractivity contribution in [3.63, 3.8) is 0 Å². The third-order valence-electron chi connectivity index (χ3n) is 10.0. The van der Waals surface area contributed by atoms with Gasteiger partial charge in [-0.2, -0.15) is 9.59 Å². The summed E-state index contributed by atoms with van der Waals surface area (Å²) in [6, 6.07) is 25.3. The number of carbonyl (C=O) groups is 5. The number of aryl methyl sites for hydroxylation is 3. The Kier molecular flexibility index (Phi) is 33.7. The zero-order valence-corrected chi connectivity index (χ0v) is 45.9. The van der Waals surface area contributed by atoms with Gasteiger partial charge in [0.05, 0.1) is 25.9 Å². The number of methoxy groups -OCH3 is 2. The molecule has 0 radical (unpaired) electrons. The molecule has 3 aromatic carbocycles. The van der Waals surface area contributed by atoms with Gasteiger partial charge in [-0.25, -0.2) is 0 Å². The van der Waals surface area contributed by atoms with Crippen molar-refractivity contribution in [3.05, 3.63) is 125 Å². The summed E-state index contributed by atoms with van der Waals surface area (Å²) in [5.74, 6) is -1.77. The van der Waals surface area contributed by atoms with Crippen LogP contribution in [-0.2, 0) is 43.0 Å². The molecule has 11 nitrogen and oxygen atoms in total. The number of thioether (sulfide) groups is 3. The second-order valence-corrected chi connectivity index (χ2v) is 20.8. The molecule has 0 saturated carbocycles. The van der Waals surface area contributed by atoms with Crippen molar-refractivity contribution >= 4 is 70.7 Å². The first kappa shape index (κ1) is 63.9. The van der Waals surface area contributed by atoms with Gasteiger partial charge in [-0.3, -0.25) is 24.0 Å². The molecular formula is C53H67NaO11S3. The number of ketones is 3. The van der Waals surface area contributed by atoms with E-state index in [9.17, 15) is 34.2 Å². The van der Waals surface area contributed by atoms with Crippen LogP contribution < -0.4 is 34.7 Å².